The summed E-state index contributed by atoms with van der Waals surface area (Å²) in [5.41, 5.74) is 1.47. The molecule has 4 rings (SSSR count). The van der Waals surface area contributed by atoms with Crippen LogP contribution in [0.4, 0.5) is 0 Å². The number of hydrogen-bond donors (Lipinski definition) is 1. The van der Waals surface area contributed by atoms with Crippen LogP contribution in [-0.2, 0) is 14.8 Å². The predicted octanol–water partition coefficient (Wildman–Crippen LogP) is 3.84. The van der Waals surface area contributed by atoms with Crippen molar-refractivity contribution in [3.8, 4) is 17.4 Å². The van der Waals surface area contributed by atoms with Gasteiger partial charge in [0.15, 0.2) is 0 Å². The number of fused-ring (bicyclic) bond motifs is 1. The van der Waals surface area contributed by atoms with Crippen LogP contribution in [0.1, 0.15) is 31.9 Å². The van der Waals surface area contributed by atoms with Crippen molar-refractivity contribution in [3.63, 3.8) is 0 Å². The van der Waals surface area contributed by atoms with E-state index in [-0.39, 0.29) is 4.90 Å². The first-order valence-corrected chi connectivity index (χ1v) is 11.8. The van der Waals surface area contributed by atoms with Gasteiger partial charge in [-0.3, -0.25) is 4.79 Å². The standard InChI is InChI=1S/C21H19N3O4S2/c1-13(25)24-30(26,27)16-8-5-14(6-9-16)19-10-7-15(28-19)12-23-21-18(11-22)17-3-2-4-20(17)29-21/h5-10,12,17,20H,2-4H2,1H3,(H,24,25)/t17-,20+/m1/s1. The monoisotopic (exact) mass is 441 g/mol. The molecule has 2 heterocycles. The van der Waals surface area contributed by atoms with Crippen molar-refractivity contribution in [1.29, 1.82) is 5.26 Å². The second kappa shape index (κ2) is 8.13. The summed E-state index contributed by atoms with van der Waals surface area (Å²) < 4.78 is 31.8. The molecule has 7 nitrogen and oxygen atoms in total. The molecule has 0 bridgehead atoms. The van der Waals surface area contributed by atoms with E-state index in [2.05, 4.69) is 11.1 Å². The third-order valence-corrected chi connectivity index (χ3v) is 7.96. The Bertz CT molecular complexity index is 1190. The quantitative estimate of drug-likeness (QED) is 0.706. The molecule has 2 atom stereocenters. The maximum absolute atomic E-state index is 12.0. The Morgan fingerprint density at radius 1 is 1.27 bits per heavy atom. The van der Waals surface area contributed by atoms with Gasteiger partial charge in [-0.05, 0) is 49.2 Å². The van der Waals surface area contributed by atoms with E-state index in [1.165, 1.54) is 12.1 Å². The molecule has 0 unspecified atom stereocenters. The molecule has 1 fully saturated rings. The van der Waals surface area contributed by atoms with Crippen LogP contribution in [0.15, 0.2) is 61.3 Å². The number of sulfonamides is 1. The van der Waals surface area contributed by atoms with Crippen LogP contribution in [0.3, 0.4) is 0 Å². The summed E-state index contributed by atoms with van der Waals surface area (Å²) in [4.78, 5) is 15.5. The zero-order valence-electron chi connectivity index (χ0n) is 16.2. The van der Waals surface area contributed by atoms with Gasteiger partial charge in [-0.2, -0.15) is 5.26 Å². The van der Waals surface area contributed by atoms with Crippen molar-refractivity contribution in [1.82, 2.24) is 4.72 Å². The number of amides is 1. The number of carbonyl (C=O) groups excluding carboxylic acids is 1. The lowest BCUT2D eigenvalue weighted by Gasteiger charge is -2.05. The molecule has 0 radical (unpaired) electrons. The molecule has 1 aliphatic heterocycles. The van der Waals surface area contributed by atoms with E-state index in [0.29, 0.717) is 28.3 Å². The molecular weight excluding hydrogens is 422 g/mol. The van der Waals surface area contributed by atoms with Crippen molar-refractivity contribution in [2.75, 3.05) is 0 Å². The number of nitrogens with zero attached hydrogens (tertiary/aromatic N) is 2. The Morgan fingerprint density at radius 2 is 2.03 bits per heavy atom. The number of nitriles is 1. The summed E-state index contributed by atoms with van der Waals surface area (Å²) in [7, 11) is -3.87. The maximum atomic E-state index is 12.0. The molecular formula is C21H19N3O4S2. The third-order valence-electron chi connectivity index (χ3n) is 5.10. The molecule has 9 heteroatoms. The summed E-state index contributed by atoms with van der Waals surface area (Å²) in [5, 5.41) is 10.7. The number of furan rings is 1. The van der Waals surface area contributed by atoms with E-state index < -0.39 is 15.9 Å². The first kappa shape index (κ1) is 20.4. The van der Waals surface area contributed by atoms with Gasteiger partial charge >= 0.3 is 0 Å². The number of rotatable bonds is 5. The third kappa shape index (κ3) is 4.06. The topological polar surface area (TPSA) is 113 Å². The molecule has 1 amide bonds. The highest BCUT2D eigenvalue weighted by molar-refractivity contribution is 8.04. The fraction of sp³-hybridized carbons (Fsp3) is 0.286. The fourth-order valence-electron chi connectivity index (χ4n) is 3.74. The first-order valence-electron chi connectivity index (χ1n) is 9.46. The molecule has 1 aromatic heterocycles. The maximum Gasteiger partial charge on any atom is 0.264 e. The van der Waals surface area contributed by atoms with Gasteiger partial charge in [-0.25, -0.2) is 18.1 Å². The highest BCUT2D eigenvalue weighted by atomic mass is 32.2. The molecule has 0 spiro atoms. The van der Waals surface area contributed by atoms with E-state index in [0.717, 1.165) is 36.8 Å². The Morgan fingerprint density at radius 3 is 2.73 bits per heavy atom. The van der Waals surface area contributed by atoms with E-state index in [4.69, 9.17) is 4.42 Å². The van der Waals surface area contributed by atoms with E-state index >= 15 is 0 Å². The molecule has 30 heavy (non-hydrogen) atoms. The molecule has 1 saturated carbocycles. The molecule has 0 saturated heterocycles. The van der Waals surface area contributed by atoms with Gasteiger partial charge in [-0.15, -0.1) is 11.8 Å². The normalized spacial score (nSPS) is 21.1. The van der Waals surface area contributed by atoms with Gasteiger partial charge in [0.25, 0.3) is 10.0 Å². The minimum Gasteiger partial charge on any atom is -0.455 e. The summed E-state index contributed by atoms with van der Waals surface area (Å²) in [6, 6.07) is 11.9. The van der Waals surface area contributed by atoms with Crippen molar-refractivity contribution < 1.29 is 17.6 Å². The van der Waals surface area contributed by atoms with Crippen LogP contribution >= 0.6 is 11.8 Å². The highest BCUT2D eigenvalue weighted by Gasteiger charge is 2.39. The van der Waals surface area contributed by atoms with E-state index in [1.54, 1.807) is 42.2 Å². The smallest absolute Gasteiger partial charge is 0.264 e. The second-order valence-electron chi connectivity index (χ2n) is 7.17. The summed E-state index contributed by atoms with van der Waals surface area (Å²) in [6.07, 6.45) is 4.95. The number of aliphatic imine (C=N–C) groups is 1. The van der Waals surface area contributed by atoms with Gasteiger partial charge in [0.1, 0.15) is 16.5 Å². The molecule has 1 N–H and O–H groups in total. The molecule has 1 aliphatic carbocycles. The van der Waals surface area contributed by atoms with Crippen molar-refractivity contribution in [3.05, 3.63) is 52.8 Å². The van der Waals surface area contributed by atoms with Crippen LogP contribution in [-0.4, -0.2) is 25.8 Å². The van der Waals surface area contributed by atoms with Crippen LogP contribution in [0.2, 0.25) is 0 Å². The zero-order valence-corrected chi connectivity index (χ0v) is 17.8. The Labute approximate surface area is 178 Å². The lowest BCUT2D eigenvalue weighted by Crippen LogP contribution is -2.28. The van der Waals surface area contributed by atoms with Crippen molar-refractivity contribution in [2.24, 2.45) is 10.9 Å². The van der Waals surface area contributed by atoms with Crippen LogP contribution < -0.4 is 4.72 Å². The van der Waals surface area contributed by atoms with Crippen LogP contribution in [0.5, 0.6) is 0 Å². The molecule has 154 valence electrons. The molecule has 1 aromatic carbocycles. The number of benzene rings is 1. The van der Waals surface area contributed by atoms with E-state index in [1.807, 2.05) is 4.72 Å². The minimum atomic E-state index is -3.87. The summed E-state index contributed by atoms with van der Waals surface area (Å²) >= 11 is 1.68. The average molecular weight is 442 g/mol. The Balaban J connectivity index is 1.50. The summed E-state index contributed by atoms with van der Waals surface area (Å²) in [6.45, 7) is 1.14. The fourth-order valence-corrected chi connectivity index (χ4v) is 6.18. The lowest BCUT2D eigenvalue weighted by molar-refractivity contribution is -0.117. The number of nitrogens with one attached hydrogen (secondary N) is 1. The predicted molar refractivity (Wildman–Crippen MR) is 114 cm³/mol. The number of allylic oxidation sites excluding steroid dienone is 1. The van der Waals surface area contributed by atoms with Gasteiger partial charge in [0.05, 0.1) is 22.8 Å². The van der Waals surface area contributed by atoms with Crippen molar-refractivity contribution >= 4 is 33.9 Å². The van der Waals surface area contributed by atoms with Crippen molar-refractivity contribution in [2.45, 2.75) is 36.3 Å². The van der Waals surface area contributed by atoms with E-state index in [9.17, 15) is 18.5 Å². The van der Waals surface area contributed by atoms with Gasteiger partial charge in [0, 0.05) is 23.7 Å². The largest absolute Gasteiger partial charge is 0.455 e. The Kier molecular flexibility index (Phi) is 5.54. The van der Waals surface area contributed by atoms with Crippen LogP contribution in [0, 0.1) is 17.2 Å². The number of carbonyl (C=O) groups is 1. The SMILES string of the molecule is CC(=O)NS(=O)(=O)c1ccc(-c2ccc(C=NC3=C(C#N)[C@H]4CCC[C@@H]4S3)o2)cc1. The van der Waals surface area contributed by atoms with Gasteiger partial charge in [-0.1, -0.05) is 6.42 Å². The van der Waals surface area contributed by atoms with Gasteiger partial charge in [0.2, 0.25) is 5.91 Å². The molecule has 2 aliphatic rings. The minimum absolute atomic E-state index is 0.00503. The first-order chi connectivity index (χ1) is 14.4. The van der Waals surface area contributed by atoms with Crippen LogP contribution in [0.25, 0.3) is 11.3 Å². The average Bonchev–Trinajstić information content (AvgIpc) is 3.41. The molecule has 2 aromatic rings. The highest BCUT2D eigenvalue weighted by Crippen LogP contribution is 2.50. The Hall–Kier alpha value is -2.83. The lowest BCUT2D eigenvalue weighted by atomic mass is 10.00. The zero-order chi connectivity index (χ0) is 21.3. The number of hydrogen-bond acceptors (Lipinski definition) is 7. The number of thioether (sulfide) groups is 1. The summed E-state index contributed by atoms with van der Waals surface area (Å²) in [5.74, 6) is 0.784. The van der Waals surface area contributed by atoms with Gasteiger partial charge < -0.3 is 4.42 Å². The second-order valence-corrected chi connectivity index (χ2v) is 10.1.